The van der Waals surface area contributed by atoms with Gasteiger partial charge in [0.05, 0.1) is 4.47 Å². The molecule has 5 heteroatoms. The van der Waals surface area contributed by atoms with Crippen molar-refractivity contribution in [3.05, 3.63) is 56.5 Å². The Balaban J connectivity index is 2.36. The topological polar surface area (TPSA) is 52.3 Å². The van der Waals surface area contributed by atoms with E-state index in [4.69, 9.17) is 10.5 Å². The molecule has 0 spiro atoms. The molecule has 2 aromatic rings. The summed E-state index contributed by atoms with van der Waals surface area (Å²) >= 11 is 6.88. The minimum atomic E-state index is -0.464. The lowest BCUT2D eigenvalue weighted by Crippen LogP contribution is -2.10. The molecule has 2 N–H and O–H groups in total. The zero-order valence-electron chi connectivity index (χ0n) is 11.7. The van der Waals surface area contributed by atoms with Gasteiger partial charge in [0.15, 0.2) is 0 Å². The van der Waals surface area contributed by atoms with Crippen molar-refractivity contribution in [1.29, 1.82) is 0 Å². The van der Waals surface area contributed by atoms with E-state index >= 15 is 0 Å². The summed E-state index contributed by atoms with van der Waals surface area (Å²) in [6.45, 7) is 4.22. The summed E-state index contributed by atoms with van der Waals surface area (Å²) in [5.74, 6) is 1.31. The van der Waals surface area contributed by atoms with Crippen molar-refractivity contribution >= 4 is 37.8 Å². The first-order chi connectivity index (χ1) is 9.88. The molecule has 0 bridgehead atoms. The predicted octanol–water partition coefficient (Wildman–Crippen LogP) is 5.23. The molecule has 110 valence electrons. The number of nitrogens with two attached hydrogens (primary N) is 1. The molecule has 0 saturated heterocycles. The third-order valence-electron chi connectivity index (χ3n) is 3.03. The van der Waals surface area contributed by atoms with Gasteiger partial charge in [-0.1, -0.05) is 29.8 Å². The molecule has 0 atom stereocenters. The number of hydrogen-bond donors (Lipinski definition) is 1. The Morgan fingerprint density at radius 3 is 2.33 bits per heavy atom. The lowest BCUT2D eigenvalue weighted by molar-refractivity contribution is 0.1000. The summed E-state index contributed by atoms with van der Waals surface area (Å²) in [7, 11) is 0. The highest BCUT2D eigenvalue weighted by atomic mass is 79.9. The summed E-state index contributed by atoms with van der Waals surface area (Å²) in [6.07, 6.45) is 0. The molecule has 0 aromatic heterocycles. The number of ether oxygens (including phenoxy) is 1. The van der Waals surface area contributed by atoms with Crippen LogP contribution in [0, 0.1) is 0 Å². The Labute approximate surface area is 140 Å². The Morgan fingerprint density at radius 2 is 1.76 bits per heavy atom. The van der Waals surface area contributed by atoms with Crippen molar-refractivity contribution in [2.75, 3.05) is 0 Å². The third-order valence-corrected chi connectivity index (χ3v) is 4.14. The molecule has 0 saturated carbocycles. The van der Waals surface area contributed by atoms with E-state index in [1.165, 1.54) is 0 Å². The van der Waals surface area contributed by atoms with Crippen LogP contribution in [0.3, 0.4) is 0 Å². The van der Waals surface area contributed by atoms with Crippen molar-refractivity contribution in [2.24, 2.45) is 5.73 Å². The highest BCUT2D eigenvalue weighted by Gasteiger charge is 2.12. The second-order valence-electron chi connectivity index (χ2n) is 4.95. The van der Waals surface area contributed by atoms with Crippen molar-refractivity contribution in [1.82, 2.24) is 0 Å². The second kappa shape index (κ2) is 6.62. The Kier molecular flexibility index (Phi) is 5.06. The third kappa shape index (κ3) is 3.86. The van der Waals surface area contributed by atoms with Crippen LogP contribution in [0.5, 0.6) is 11.5 Å². The molecular weight excluding hydrogens is 398 g/mol. The van der Waals surface area contributed by atoms with Crippen LogP contribution in [-0.2, 0) is 0 Å². The van der Waals surface area contributed by atoms with E-state index in [0.717, 1.165) is 15.8 Å². The van der Waals surface area contributed by atoms with Crippen molar-refractivity contribution < 1.29 is 9.53 Å². The molecule has 0 aliphatic rings. The van der Waals surface area contributed by atoms with E-state index in [2.05, 4.69) is 45.7 Å². The number of hydrogen-bond acceptors (Lipinski definition) is 2. The molecule has 0 unspecified atom stereocenters. The molecule has 2 aromatic carbocycles. The van der Waals surface area contributed by atoms with Crippen LogP contribution in [0.25, 0.3) is 0 Å². The van der Waals surface area contributed by atoms with Crippen LogP contribution in [0.15, 0.2) is 45.3 Å². The molecule has 0 fully saturated rings. The standard InChI is InChI=1S/C16H15Br2NO2/c1-9(2)12-8-11(17)4-6-14(12)21-15-5-3-10(16(19)20)7-13(15)18/h3-9H,1-2H3,(H2,19,20). The molecule has 0 aliphatic carbocycles. The number of carbonyl (C=O) groups excluding carboxylic acids is 1. The van der Waals surface area contributed by atoms with E-state index in [1.807, 2.05) is 18.2 Å². The smallest absolute Gasteiger partial charge is 0.248 e. The molecule has 0 aliphatic heterocycles. The maximum absolute atomic E-state index is 11.2. The SMILES string of the molecule is CC(C)c1cc(Br)ccc1Oc1ccc(C(N)=O)cc1Br. The van der Waals surface area contributed by atoms with Crippen LogP contribution < -0.4 is 10.5 Å². The lowest BCUT2D eigenvalue weighted by atomic mass is 10.0. The fourth-order valence-corrected chi connectivity index (χ4v) is 2.76. The fraction of sp³-hybridized carbons (Fsp3) is 0.188. The van der Waals surface area contributed by atoms with Crippen LogP contribution in [0.2, 0.25) is 0 Å². The normalized spacial score (nSPS) is 10.7. The van der Waals surface area contributed by atoms with Gasteiger partial charge in [0.2, 0.25) is 5.91 Å². The molecule has 21 heavy (non-hydrogen) atoms. The van der Waals surface area contributed by atoms with Gasteiger partial charge >= 0.3 is 0 Å². The van der Waals surface area contributed by atoms with Crippen molar-refractivity contribution in [3.8, 4) is 11.5 Å². The molecule has 1 amide bonds. The van der Waals surface area contributed by atoms with Gasteiger partial charge in [0.1, 0.15) is 11.5 Å². The second-order valence-corrected chi connectivity index (χ2v) is 6.72. The number of halogens is 2. The van der Waals surface area contributed by atoms with Gasteiger partial charge in [-0.15, -0.1) is 0 Å². The van der Waals surface area contributed by atoms with Gasteiger partial charge < -0.3 is 10.5 Å². The van der Waals surface area contributed by atoms with Crippen molar-refractivity contribution in [2.45, 2.75) is 19.8 Å². The highest BCUT2D eigenvalue weighted by Crippen LogP contribution is 2.36. The number of benzene rings is 2. The Morgan fingerprint density at radius 1 is 1.10 bits per heavy atom. The van der Waals surface area contributed by atoms with E-state index in [9.17, 15) is 4.79 Å². The molecular formula is C16H15Br2NO2. The van der Waals surface area contributed by atoms with Gasteiger partial charge in [0.25, 0.3) is 0 Å². The lowest BCUT2D eigenvalue weighted by Gasteiger charge is -2.15. The average molecular weight is 413 g/mol. The van der Waals surface area contributed by atoms with Crippen LogP contribution in [0.4, 0.5) is 0 Å². The van der Waals surface area contributed by atoms with Gasteiger partial charge in [-0.2, -0.15) is 0 Å². The summed E-state index contributed by atoms with van der Waals surface area (Å²) in [5.41, 5.74) is 6.81. The molecule has 0 heterocycles. The quantitative estimate of drug-likeness (QED) is 0.747. The van der Waals surface area contributed by atoms with E-state index < -0.39 is 5.91 Å². The molecule has 2 rings (SSSR count). The Hall–Kier alpha value is -1.33. The van der Waals surface area contributed by atoms with E-state index in [1.54, 1.807) is 18.2 Å². The summed E-state index contributed by atoms with van der Waals surface area (Å²) in [5, 5.41) is 0. The summed E-state index contributed by atoms with van der Waals surface area (Å²) < 4.78 is 7.68. The first-order valence-electron chi connectivity index (χ1n) is 6.45. The number of amides is 1. The van der Waals surface area contributed by atoms with Crippen LogP contribution in [0.1, 0.15) is 35.7 Å². The number of carbonyl (C=O) groups is 1. The number of rotatable bonds is 4. The first kappa shape index (κ1) is 16.0. The van der Waals surface area contributed by atoms with Gasteiger partial charge in [-0.05, 0) is 63.8 Å². The summed E-state index contributed by atoms with van der Waals surface area (Å²) in [4.78, 5) is 11.2. The van der Waals surface area contributed by atoms with Gasteiger partial charge in [-0.3, -0.25) is 4.79 Å². The van der Waals surface area contributed by atoms with Gasteiger partial charge in [-0.25, -0.2) is 0 Å². The Bertz CT molecular complexity index is 684. The van der Waals surface area contributed by atoms with Gasteiger partial charge in [0, 0.05) is 10.0 Å². The minimum absolute atomic E-state index is 0.334. The fourth-order valence-electron chi connectivity index (χ4n) is 1.92. The molecule has 3 nitrogen and oxygen atoms in total. The maximum atomic E-state index is 11.2. The summed E-state index contributed by atoms with van der Waals surface area (Å²) in [6, 6.07) is 10.9. The van der Waals surface area contributed by atoms with Crippen LogP contribution in [-0.4, -0.2) is 5.91 Å². The minimum Gasteiger partial charge on any atom is -0.456 e. The largest absolute Gasteiger partial charge is 0.456 e. The average Bonchev–Trinajstić information content (AvgIpc) is 2.42. The first-order valence-corrected chi connectivity index (χ1v) is 8.03. The zero-order chi connectivity index (χ0) is 15.6. The number of primary amides is 1. The maximum Gasteiger partial charge on any atom is 0.248 e. The van der Waals surface area contributed by atoms with Crippen molar-refractivity contribution in [3.63, 3.8) is 0 Å². The van der Waals surface area contributed by atoms with E-state index in [-0.39, 0.29) is 0 Å². The predicted molar refractivity (Wildman–Crippen MR) is 91.0 cm³/mol. The van der Waals surface area contributed by atoms with E-state index in [0.29, 0.717) is 21.7 Å². The highest BCUT2D eigenvalue weighted by molar-refractivity contribution is 9.10. The molecule has 0 radical (unpaired) electrons. The zero-order valence-corrected chi connectivity index (χ0v) is 14.9. The van der Waals surface area contributed by atoms with Crippen LogP contribution >= 0.6 is 31.9 Å². The monoisotopic (exact) mass is 411 g/mol.